The first kappa shape index (κ1) is 17.2. The molecule has 0 amide bonds. The lowest BCUT2D eigenvalue weighted by Gasteiger charge is -2.32. The van der Waals surface area contributed by atoms with Crippen LogP contribution in [0.1, 0.15) is 31.7 Å². The summed E-state index contributed by atoms with van der Waals surface area (Å²) < 4.78 is 12.4. The highest BCUT2D eigenvalue weighted by Crippen LogP contribution is 2.25. The summed E-state index contributed by atoms with van der Waals surface area (Å²) in [6, 6.07) is 8.22. The van der Waals surface area contributed by atoms with Gasteiger partial charge in [-0.15, -0.1) is 0 Å². The summed E-state index contributed by atoms with van der Waals surface area (Å²) >= 11 is 0. The highest BCUT2D eigenvalue weighted by molar-refractivity contribution is 5.75. The van der Waals surface area contributed by atoms with Gasteiger partial charge in [-0.2, -0.15) is 0 Å². The second-order valence-corrected chi connectivity index (χ2v) is 6.43. The number of likely N-dealkylation sites (tertiary alicyclic amines) is 1. The lowest BCUT2D eigenvalue weighted by molar-refractivity contribution is -0.107. The number of aromatic amines is 1. The van der Waals surface area contributed by atoms with Crippen molar-refractivity contribution in [2.75, 3.05) is 33.9 Å². The Morgan fingerprint density at radius 2 is 1.92 bits per heavy atom. The first-order valence-corrected chi connectivity index (χ1v) is 8.70. The van der Waals surface area contributed by atoms with Crippen molar-refractivity contribution in [3.05, 3.63) is 34.7 Å². The fourth-order valence-corrected chi connectivity index (χ4v) is 3.65. The van der Waals surface area contributed by atoms with Gasteiger partial charge in [-0.1, -0.05) is 12.1 Å². The molecule has 6 heteroatoms. The molecule has 132 valence electrons. The van der Waals surface area contributed by atoms with Crippen molar-refractivity contribution in [1.29, 1.82) is 0 Å². The summed E-state index contributed by atoms with van der Waals surface area (Å²) in [4.78, 5) is 17.7. The number of methoxy groups -OCH3 is 2. The first-order valence-electron chi connectivity index (χ1n) is 8.70. The molecule has 0 saturated carbocycles. The number of H-pyrrole nitrogens is 1. The molecule has 24 heavy (non-hydrogen) atoms. The van der Waals surface area contributed by atoms with E-state index in [1.807, 2.05) is 28.8 Å². The van der Waals surface area contributed by atoms with Crippen molar-refractivity contribution in [2.45, 2.75) is 38.0 Å². The Labute approximate surface area is 142 Å². The molecule has 2 aromatic rings. The number of aromatic nitrogens is 2. The van der Waals surface area contributed by atoms with Crippen LogP contribution in [0.15, 0.2) is 29.1 Å². The average molecular weight is 333 g/mol. The zero-order valence-electron chi connectivity index (χ0n) is 14.5. The molecule has 3 rings (SSSR count). The Kier molecular flexibility index (Phi) is 5.71. The first-order chi connectivity index (χ1) is 11.7. The molecular formula is C18H27N3O3. The van der Waals surface area contributed by atoms with E-state index in [1.54, 1.807) is 14.2 Å². The predicted octanol–water partition coefficient (Wildman–Crippen LogP) is 2.37. The fraction of sp³-hybridized carbons (Fsp3) is 0.611. The molecule has 1 N–H and O–H groups in total. The number of nitrogens with zero attached hydrogens (tertiary/aromatic N) is 2. The van der Waals surface area contributed by atoms with Crippen LogP contribution in [0.4, 0.5) is 0 Å². The largest absolute Gasteiger partial charge is 0.356 e. The number of hydrogen-bond acceptors (Lipinski definition) is 4. The molecule has 0 spiro atoms. The zero-order chi connectivity index (χ0) is 16.9. The van der Waals surface area contributed by atoms with Crippen molar-refractivity contribution >= 4 is 11.0 Å². The molecular weight excluding hydrogens is 306 g/mol. The second-order valence-electron chi connectivity index (χ2n) is 6.43. The van der Waals surface area contributed by atoms with Crippen molar-refractivity contribution < 1.29 is 9.47 Å². The van der Waals surface area contributed by atoms with Crippen molar-refractivity contribution in [2.24, 2.45) is 0 Å². The second kappa shape index (κ2) is 7.96. The van der Waals surface area contributed by atoms with Gasteiger partial charge in [0.25, 0.3) is 0 Å². The number of para-hydroxylation sites is 2. The SMILES string of the molecule is COC(CCCN1CCC(n2c(=O)[nH]c3ccccc32)CC1)OC. The fourth-order valence-electron chi connectivity index (χ4n) is 3.65. The Morgan fingerprint density at radius 3 is 2.62 bits per heavy atom. The molecule has 1 fully saturated rings. The lowest BCUT2D eigenvalue weighted by atomic mass is 10.0. The van der Waals surface area contributed by atoms with Crippen LogP contribution in [-0.4, -0.2) is 54.6 Å². The van der Waals surface area contributed by atoms with Gasteiger partial charge in [0.1, 0.15) is 0 Å². The van der Waals surface area contributed by atoms with E-state index in [2.05, 4.69) is 9.88 Å². The van der Waals surface area contributed by atoms with Crippen LogP contribution in [0.5, 0.6) is 0 Å². The summed E-state index contributed by atoms with van der Waals surface area (Å²) in [5.74, 6) is 0. The molecule has 0 atom stereocenters. The molecule has 1 aromatic heterocycles. The summed E-state index contributed by atoms with van der Waals surface area (Å²) in [5.41, 5.74) is 1.96. The van der Waals surface area contributed by atoms with Crippen LogP contribution >= 0.6 is 0 Å². The standard InChI is InChI=1S/C18H27N3O3/c1-23-17(24-2)8-5-11-20-12-9-14(10-13-20)21-16-7-4-3-6-15(16)19-18(21)22/h3-4,6-7,14,17H,5,8-13H2,1-2H3,(H,19,22). The number of fused-ring (bicyclic) bond motifs is 1. The van der Waals surface area contributed by atoms with Crippen LogP contribution in [0, 0.1) is 0 Å². The minimum absolute atomic E-state index is 0.0117. The van der Waals surface area contributed by atoms with Gasteiger partial charge in [-0.05, 0) is 44.4 Å². The Hall–Kier alpha value is -1.63. The highest BCUT2D eigenvalue weighted by Gasteiger charge is 2.23. The van der Waals surface area contributed by atoms with Crippen LogP contribution < -0.4 is 5.69 Å². The lowest BCUT2D eigenvalue weighted by Crippen LogP contribution is -2.37. The highest BCUT2D eigenvalue weighted by atomic mass is 16.7. The third-order valence-electron chi connectivity index (χ3n) is 4.99. The zero-order valence-corrected chi connectivity index (χ0v) is 14.5. The van der Waals surface area contributed by atoms with Gasteiger partial charge in [-0.3, -0.25) is 4.57 Å². The normalized spacial score (nSPS) is 17.1. The van der Waals surface area contributed by atoms with E-state index < -0.39 is 0 Å². The van der Waals surface area contributed by atoms with E-state index in [1.165, 1.54) is 0 Å². The summed E-state index contributed by atoms with van der Waals surface area (Å²) in [6.45, 7) is 3.11. The summed E-state index contributed by atoms with van der Waals surface area (Å²) in [5, 5.41) is 0. The average Bonchev–Trinajstić information content (AvgIpc) is 2.95. The third-order valence-corrected chi connectivity index (χ3v) is 4.99. The molecule has 0 unspecified atom stereocenters. The Morgan fingerprint density at radius 1 is 1.21 bits per heavy atom. The monoisotopic (exact) mass is 333 g/mol. The minimum Gasteiger partial charge on any atom is -0.356 e. The van der Waals surface area contributed by atoms with Gasteiger partial charge in [0.2, 0.25) is 0 Å². The van der Waals surface area contributed by atoms with E-state index in [0.29, 0.717) is 0 Å². The van der Waals surface area contributed by atoms with E-state index in [-0.39, 0.29) is 18.0 Å². The quantitative estimate of drug-likeness (QED) is 0.790. The van der Waals surface area contributed by atoms with E-state index in [0.717, 1.165) is 56.4 Å². The molecule has 0 radical (unpaired) electrons. The van der Waals surface area contributed by atoms with Crippen LogP contribution in [-0.2, 0) is 9.47 Å². The van der Waals surface area contributed by atoms with Gasteiger partial charge in [0, 0.05) is 33.4 Å². The van der Waals surface area contributed by atoms with Crippen LogP contribution in [0.3, 0.4) is 0 Å². The number of imidazole rings is 1. The van der Waals surface area contributed by atoms with Crippen molar-refractivity contribution in [3.63, 3.8) is 0 Å². The molecule has 0 aliphatic carbocycles. The molecule has 1 aromatic carbocycles. The number of rotatable bonds is 7. The van der Waals surface area contributed by atoms with E-state index >= 15 is 0 Å². The number of piperidine rings is 1. The number of hydrogen-bond donors (Lipinski definition) is 1. The van der Waals surface area contributed by atoms with Gasteiger partial charge in [0.05, 0.1) is 11.0 Å². The molecule has 1 saturated heterocycles. The maximum atomic E-state index is 12.3. The molecule has 6 nitrogen and oxygen atoms in total. The van der Waals surface area contributed by atoms with Gasteiger partial charge in [0.15, 0.2) is 6.29 Å². The maximum absolute atomic E-state index is 12.3. The summed E-state index contributed by atoms with van der Waals surface area (Å²) in [7, 11) is 3.36. The molecule has 1 aliphatic heterocycles. The third kappa shape index (κ3) is 3.71. The van der Waals surface area contributed by atoms with E-state index in [4.69, 9.17) is 9.47 Å². The van der Waals surface area contributed by atoms with E-state index in [9.17, 15) is 4.79 Å². The summed E-state index contributed by atoms with van der Waals surface area (Å²) in [6.07, 6.45) is 3.89. The number of benzene rings is 1. The van der Waals surface area contributed by atoms with Gasteiger partial charge >= 0.3 is 5.69 Å². The number of nitrogens with one attached hydrogen (secondary N) is 1. The van der Waals surface area contributed by atoms with Crippen molar-refractivity contribution in [1.82, 2.24) is 14.5 Å². The molecule has 0 bridgehead atoms. The minimum atomic E-state index is -0.104. The van der Waals surface area contributed by atoms with Gasteiger partial charge < -0.3 is 19.4 Å². The smallest absolute Gasteiger partial charge is 0.326 e. The van der Waals surface area contributed by atoms with Crippen LogP contribution in [0.2, 0.25) is 0 Å². The maximum Gasteiger partial charge on any atom is 0.326 e. The van der Waals surface area contributed by atoms with Crippen LogP contribution in [0.25, 0.3) is 11.0 Å². The Balaban J connectivity index is 1.55. The molecule has 2 heterocycles. The van der Waals surface area contributed by atoms with Gasteiger partial charge in [-0.25, -0.2) is 4.79 Å². The predicted molar refractivity (Wildman–Crippen MR) is 94.3 cm³/mol. The number of ether oxygens (including phenoxy) is 2. The molecule has 1 aliphatic rings. The van der Waals surface area contributed by atoms with Crippen molar-refractivity contribution in [3.8, 4) is 0 Å². The Bertz CT molecular complexity index is 697. The topological polar surface area (TPSA) is 59.5 Å².